The smallest absolute Gasteiger partial charge is 0.337 e. The minimum atomic E-state index is -0.369. The SMILES string of the molecule is COC(=O)c1ccc2nc(COCCCl)[nH]c2c1.Cl. The molecular weight excluding hydrogens is 291 g/mol. The van der Waals surface area contributed by atoms with Gasteiger partial charge in [-0.15, -0.1) is 24.0 Å². The normalized spacial score (nSPS) is 10.2. The number of carbonyl (C=O) groups is 1. The molecule has 1 heterocycles. The van der Waals surface area contributed by atoms with Crippen LogP contribution >= 0.6 is 24.0 Å². The Kier molecular flexibility index (Phi) is 6.08. The zero-order valence-corrected chi connectivity index (χ0v) is 11.9. The number of nitrogens with one attached hydrogen (secondary N) is 1. The van der Waals surface area contributed by atoms with Crippen LogP contribution in [0.5, 0.6) is 0 Å². The van der Waals surface area contributed by atoms with Crippen LogP contribution in [-0.4, -0.2) is 35.5 Å². The lowest BCUT2D eigenvalue weighted by Crippen LogP contribution is -2.00. The van der Waals surface area contributed by atoms with E-state index in [9.17, 15) is 4.79 Å². The summed E-state index contributed by atoms with van der Waals surface area (Å²) in [5.74, 6) is 0.788. The molecule has 19 heavy (non-hydrogen) atoms. The zero-order chi connectivity index (χ0) is 13.0. The van der Waals surface area contributed by atoms with Crippen molar-refractivity contribution in [3.8, 4) is 0 Å². The Labute approximate surface area is 121 Å². The van der Waals surface area contributed by atoms with Crippen LogP contribution in [-0.2, 0) is 16.1 Å². The first-order valence-electron chi connectivity index (χ1n) is 5.45. The van der Waals surface area contributed by atoms with E-state index in [1.165, 1.54) is 7.11 Å². The second-order valence-electron chi connectivity index (χ2n) is 3.65. The number of aromatic nitrogens is 2. The van der Waals surface area contributed by atoms with Gasteiger partial charge in [0.25, 0.3) is 0 Å². The number of imidazole rings is 1. The van der Waals surface area contributed by atoms with Crippen LogP contribution in [0.4, 0.5) is 0 Å². The molecule has 1 aromatic heterocycles. The summed E-state index contributed by atoms with van der Waals surface area (Å²) in [6.07, 6.45) is 0. The molecular formula is C12H14Cl2N2O3. The largest absolute Gasteiger partial charge is 0.465 e. The molecule has 0 aliphatic heterocycles. The van der Waals surface area contributed by atoms with Gasteiger partial charge in [0.2, 0.25) is 0 Å². The van der Waals surface area contributed by atoms with Crippen LogP contribution in [0, 0.1) is 0 Å². The van der Waals surface area contributed by atoms with E-state index in [0.29, 0.717) is 30.5 Å². The molecule has 0 atom stereocenters. The van der Waals surface area contributed by atoms with E-state index in [4.69, 9.17) is 16.3 Å². The van der Waals surface area contributed by atoms with Crippen molar-refractivity contribution in [3.63, 3.8) is 0 Å². The summed E-state index contributed by atoms with van der Waals surface area (Å²) < 4.78 is 9.94. The molecule has 1 aromatic carbocycles. The van der Waals surface area contributed by atoms with E-state index < -0.39 is 0 Å². The Morgan fingerprint density at radius 2 is 2.26 bits per heavy atom. The van der Waals surface area contributed by atoms with E-state index in [1.54, 1.807) is 18.2 Å². The van der Waals surface area contributed by atoms with Gasteiger partial charge in [0.15, 0.2) is 0 Å². The average molecular weight is 305 g/mol. The van der Waals surface area contributed by atoms with Gasteiger partial charge < -0.3 is 14.5 Å². The third-order valence-corrected chi connectivity index (χ3v) is 2.57. The fourth-order valence-corrected chi connectivity index (χ4v) is 1.71. The third-order valence-electron chi connectivity index (χ3n) is 2.41. The minimum absolute atomic E-state index is 0. The highest BCUT2D eigenvalue weighted by Gasteiger charge is 2.08. The van der Waals surface area contributed by atoms with Gasteiger partial charge in [-0.2, -0.15) is 0 Å². The molecule has 7 heteroatoms. The van der Waals surface area contributed by atoms with E-state index in [0.717, 1.165) is 11.0 Å². The molecule has 1 N–H and O–H groups in total. The number of rotatable bonds is 5. The quantitative estimate of drug-likeness (QED) is 0.524. The molecule has 0 radical (unpaired) electrons. The van der Waals surface area contributed by atoms with Gasteiger partial charge in [-0.05, 0) is 18.2 Å². The molecule has 0 amide bonds. The predicted octanol–water partition coefficient (Wildman–Crippen LogP) is 2.53. The van der Waals surface area contributed by atoms with Crippen molar-refractivity contribution >= 4 is 41.0 Å². The summed E-state index contributed by atoms with van der Waals surface area (Å²) in [6, 6.07) is 5.15. The molecule has 0 spiro atoms. The van der Waals surface area contributed by atoms with Crippen molar-refractivity contribution in [1.82, 2.24) is 9.97 Å². The monoisotopic (exact) mass is 304 g/mol. The van der Waals surface area contributed by atoms with Gasteiger partial charge in [0.1, 0.15) is 12.4 Å². The number of esters is 1. The fourth-order valence-electron chi connectivity index (χ4n) is 1.60. The highest BCUT2D eigenvalue weighted by Crippen LogP contribution is 2.15. The number of benzene rings is 1. The second kappa shape index (κ2) is 7.33. The number of methoxy groups -OCH3 is 1. The van der Waals surface area contributed by atoms with Gasteiger partial charge >= 0.3 is 5.97 Å². The van der Waals surface area contributed by atoms with Crippen LogP contribution in [0.2, 0.25) is 0 Å². The van der Waals surface area contributed by atoms with Crippen LogP contribution in [0.25, 0.3) is 11.0 Å². The summed E-state index contributed by atoms with van der Waals surface area (Å²) in [7, 11) is 1.35. The lowest BCUT2D eigenvalue weighted by Gasteiger charge is -1.97. The van der Waals surface area contributed by atoms with Crippen molar-refractivity contribution in [2.45, 2.75) is 6.61 Å². The number of ether oxygens (including phenoxy) is 2. The van der Waals surface area contributed by atoms with Gasteiger partial charge in [0, 0.05) is 5.88 Å². The lowest BCUT2D eigenvalue weighted by molar-refractivity contribution is 0.0601. The zero-order valence-electron chi connectivity index (χ0n) is 10.3. The molecule has 2 aromatic rings. The number of H-pyrrole nitrogens is 1. The summed E-state index contributed by atoms with van der Waals surface area (Å²) in [5.41, 5.74) is 2.05. The van der Waals surface area contributed by atoms with Gasteiger partial charge in [-0.25, -0.2) is 9.78 Å². The Morgan fingerprint density at radius 3 is 2.95 bits per heavy atom. The standard InChI is InChI=1S/C12H13ClN2O3.ClH/c1-17-12(16)8-2-3-9-10(6-8)15-11(14-9)7-18-5-4-13;/h2-3,6H,4-5,7H2,1H3,(H,14,15);1H. The van der Waals surface area contributed by atoms with Crippen LogP contribution in [0.15, 0.2) is 18.2 Å². The number of alkyl halides is 1. The van der Waals surface area contributed by atoms with E-state index >= 15 is 0 Å². The molecule has 2 rings (SSSR count). The predicted molar refractivity (Wildman–Crippen MR) is 75.1 cm³/mol. The topological polar surface area (TPSA) is 64.2 Å². The number of aromatic amines is 1. The number of carbonyl (C=O) groups excluding carboxylic acids is 1. The van der Waals surface area contributed by atoms with E-state index in [-0.39, 0.29) is 18.4 Å². The third kappa shape index (κ3) is 3.83. The summed E-state index contributed by atoms with van der Waals surface area (Å²) in [5, 5.41) is 0. The number of halogens is 2. The van der Waals surface area contributed by atoms with Crippen LogP contribution in [0.3, 0.4) is 0 Å². The van der Waals surface area contributed by atoms with Gasteiger partial charge in [-0.3, -0.25) is 0 Å². The van der Waals surface area contributed by atoms with E-state index in [1.807, 2.05) is 0 Å². The number of hydrogen-bond acceptors (Lipinski definition) is 4. The molecule has 0 aliphatic rings. The first-order valence-corrected chi connectivity index (χ1v) is 5.98. The van der Waals surface area contributed by atoms with Crippen molar-refractivity contribution in [2.24, 2.45) is 0 Å². The van der Waals surface area contributed by atoms with Crippen molar-refractivity contribution in [1.29, 1.82) is 0 Å². The number of nitrogens with zero attached hydrogens (tertiary/aromatic N) is 1. The van der Waals surface area contributed by atoms with Crippen molar-refractivity contribution < 1.29 is 14.3 Å². The molecule has 0 unspecified atom stereocenters. The molecule has 0 bridgehead atoms. The van der Waals surface area contributed by atoms with Gasteiger partial charge in [-0.1, -0.05) is 0 Å². The maximum Gasteiger partial charge on any atom is 0.337 e. The summed E-state index contributed by atoms with van der Waals surface area (Å²) in [6.45, 7) is 0.848. The lowest BCUT2D eigenvalue weighted by atomic mass is 10.2. The highest BCUT2D eigenvalue weighted by molar-refractivity contribution is 6.17. The minimum Gasteiger partial charge on any atom is -0.465 e. The first-order chi connectivity index (χ1) is 8.74. The van der Waals surface area contributed by atoms with Crippen molar-refractivity contribution in [3.05, 3.63) is 29.6 Å². The average Bonchev–Trinajstić information content (AvgIpc) is 2.79. The highest BCUT2D eigenvalue weighted by atomic mass is 35.5. The molecule has 0 fully saturated rings. The van der Waals surface area contributed by atoms with Crippen LogP contribution in [0.1, 0.15) is 16.2 Å². The number of hydrogen-bond donors (Lipinski definition) is 1. The molecule has 5 nitrogen and oxygen atoms in total. The van der Waals surface area contributed by atoms with Crippen molar-refractivity contribution in [2.75, 3.05) is 19.6 Å². The van der Waals surface area contributed by atoms with Crippen LogP contribution < -0.4 is 0 Å². The summed E-state index contributed by atoms with van der Waals surface area (Å²) in [4.78, 5) is 18.8. The summed E-state index contributed by atoms with van der Waals surface area (Å²) >= 11 is 5.51. The number of fused-ring (bicyclic) bond motifs is 1. The molecule has 0 saturated heterocycles. The maximum absolute atomic E-state index is 11.4. The van der Waals surface area contributed by atoms with E-state index in [2.05, 4.69) is 14.7 Å². The first kappa shape index (κ1) is 15.8. The second-order valence-corrected chi connectivity index (χ2v) is 4.03. The van der Waals surface area contributed by atoms with Gasteiger partial charge in [0.05, 0.1) is 30.3 Å². The Hall–Kier alpha value is -1.30. The Bertz CT molecular complexity index is 557. The molecule has 0 saturated carbocycles. The maximum atomic E-state index is 11.4. The molecule has 0 aliphatic carbocycles. The molecule has 104 valence electrons. The fraction of sp³-hybridized carbons (Fsp3) is 0.333. The Morgan fingerprint density at radius 1 is 1.47 bits per heavy atom. The Balaban J connectivity index is 0.00000180.